The van der Waals surface area contributed by atoms with Crippen LogP contribution in [-0.4, -0.2) is 19.0 Å². The van der Waals surface area contributed by atoms with E-state index in [1.165, 1.54) is 7.11 Å². The number of urea groups is 1. The van der Waals surface area contributed by atoms with Gasteiger partial charge in [-0.25, -0.2) is 9.69 Å². The van der Waals surface area contributed by atoms with Gasteiger partial charge in [-0.1, -0.05) is 63.4 Å². The Hall–Kier alpha value is -3.00. The molecule has 0 bridgehead atoms. The molecule has 0 unspecified atom stereocenters. The Balaban J connectivity index is 1.57. The van der Waals surface area contributed by atoms with Crippen molar-refractivity contribution in [3.63, 3.8) is 0 Å². The fourth-order valence-electron chi connectivity index (χ4n) is 3.23. The van der Waals surface area contributed by atoms with E-state index in [9.17, 15) is 9.59 Å². The fraction of sp³-hybridized carbons (Fsp3) is 0.0833. The molecule has 1 N–H and O–H groups in total. The van der Waals surface area contributed by atoms with Gasteiger partial charge in [0.2, 0.25) is 0 Å². The third-order valence-electron chi connectivity index (χ3n) is 4.85. The average molecular weight is 548 g/mol. The van der Waals surface area contributed by atoms with E-state index in [4.69, 9.17) is 32.7 Å². The predicted molar refractivity (Wildman–Crippen MR) is 132 cm³/mol. The highest BCUT2D eigenvalue weighted by molar-refractivity contribution is 9.10. The summed E-state index contributed by atoms with van der Waals surface area (Å²) in [7, 11) is 1.52. The van der Waals surface area contributed by atoms with Crippen molar-refractivity contribution in [1.29, 1.82) is 0 Å². The summed E-state index contributed by atoms with van der Waals surface area (Å²) >= 11 is 15.5. The van der Waals surface area contributed by atoms with Gasteiger partial charge in [-0.3, -0.25) is 4.79 Å². The lowest BCUT2D eigenvalue weighted by atomic mass is 10.1. The molecule has 0 aliphatic carbocycles. The number of carbonyl (C=O) groups is 2. The number of nitrogens with one attached hydrogen (secondary N) is 1. The largest absolute Gasteiger partial charge is 0.493 e. The maximum Gasteiger partial charge on any atom is 0.333 e. The van der Waals surface area contributed by atoms with Gasteiger partial charge >= 0.3 is 6.03 Å². The van der Waals surface area contributed by atoms with Crippen molar-refractivity contribution in [3.8, 4) is 11.5 Å². The number of hydrogen-bond acceptors (Lipinski definition) is 4. The molecule has 6 nitrogen and oxygen atoms in total. The lowest BCUT2D eigenvalue weighted by Crippen LogP contribution is -2.30. The summed E-state index contributed by atoms with van der Waals surface area (Å²) in [5.41, 5.74) is 2.11. The number of imide groups is 1. The quantitative estimate of drug-likeness (QED) is 0.285. The van der Waals surface area contributed by atoms with Gasteiger partial charge in [0.1, 0.15) is 12.3 Å². The first-order valence-corrected chi connectivity index (χ1v) is 11.3. The molecule has 1 fully saturated rings. The number of ether oxygens (including phenoxy) is 2. The second kappa shape index (κ2) is 9.87. The monoisotopic (exact) mass is 546 g/mol. The first-order chi connectivity index (χ1) is 15.9. The van der Waals surface area contributed by atoms with Crippen molar-refractivity contribution in [2.75, 3.05) is 12.0 Å². The number of amides is 3. The van der Waals surface area contributed by atoms with Crippen LogP contribution in [0.4, 0.5) is 10.5 Å². The number of carbonyl (C=O) groups excluding carboxylic acids is 2. The van der Waals surface area contributed by atoms with Gasteiger partial charge in [-0.05, 0) is 53.6 Å². The van der Waals surface area contributed by atoms with Gasteiger partial charge in [-0.2, -0.15) is 0 Å². The summed E-state index contributed by atoms with van der Waals surface area (Å²) in [5, 5.41) is 3.53. The Morgan fingerprint density at radius 1 is 1.00 bits per heavy atom. The fourth-order valence-corrected chi connectivity index (χ4v) is 3.98. The molecule has 33 heavy (non-hydrogen) atoms. The Morgan fingerprint density at radius 3 is 2.45 bits per heavy atom. The second-order valence-corrected chi connectivity index (χ2v) is 8.69. The molecule has 168 valence electrons. The number of halogens is 3. The van der Waals surface area contributed by atoms with Crippen LogP contribution in [0.15, 0.2) is 70.8 Å². The Bertz CT molecular complexity index is 1260. The lowest BCUT2D eigenvalue weighted by molar-refractivity contribution is -0.113. The van der Waals surface area contributed by atoms with E-state index >= 15 is 0 Å². The molecule has 0 spiro atoms. The molecule has 3 aromatic rings. The zero-order valence-electron chi connectivity index (χ0n) is 17.3. The normalized spacial score (nSPS) is 14.5. The average Bonchev–Trinajstić information content (AvgIpc) is 3.09. The molecule has 3 amide bonds. The van der Waals surface area contributed by atoms with Crippen LogP contribution in [0.3, 0.4) is 0 Å². The highest BCUT2D eigenvalue weighted by Crippen LogP contribution is 2.36. The number of methoxy groups -OCH3 is 1. The van der Waals surface area contributed by atoms with Crippen LogP contribution < -0.4 is 19.7 Å². The molecule has 1 saturated heterocycles. The molecule has 9 heteroatoms. The predicted octanol–water partition coefficient (Wildman–Crippen LogP) is 6.44. The van der Waals surface area contributed by atoms with E-state index in [2.05, 4.69) is 21.2 Å². The minimum Gasteiger partial charge on any atom is -0.493 e. The first-order valence-electron chi connectivity index (χ1n) is 9.74. The van der Waals surface area contributed by atoms with E-state index < -0.39 is 11.9 Å². The summed E-state index contributed by atoms with van der Waals surface area (Å²) in [4.78, 5) is 26.3. The molecule has 3 aromatic carbocycles. The summed E-state index contributed by atoms with van der Waals surface area (Å²) in [6.45, 7) is 0.251. The highest BCUT2D eigenvalue weighted by atomic mass is 79.9. The van der Waals surface area contributed by atoms with E-state index in [-0.39, 0.29) is 12.3 Å². The van der Waals surface area contributed by atoms with Crippen LogP contribution in [0.25, 0.3) is 6.08 Å². The van der Waals surface area contributed by atoms with Crippen molar-refractivity contribution in [2.45, 2.75) is 6.61 Å². The number of hydrogen-bond donors (Lipinski definition) is 1. The van der Waals surface area contributed by atoms with Crippen molar-refractivity contribution < 1.29 is 19.1 Å². The molecule has 0 radical (unpaired) electrons. The van der Waals surface area contributed by atoms with Gasteiger partial charge in [0.25, 0.3) is 5.91 Å². The van der Waals surface area contributed by atoms with Crippen molar-refractivity contribution >= 4 is 62.8 Å². The SMILES string of the molecule is COc1cc(/C=C2/NC(=O)N(c3ccccc3)C2=O)c(Br)cc1OCc1ccc(Cl)c(Cl)c1. The van der Waals surface area contributed by atoms with Gasteiger partial charge in [-0.15, -0.1) is 0 Å². The van der Waals surface area contributed by atoms with Crippen LogP contribution >= 0.6 is 39.1 Å². The van der Waals surface area contributed by atoms with Crippen LogP contribution in [0.2, 0.25) is 10.0 Å². The van der Waals surface area contributed by atoms with Gasteiger partial charge in [0.15, 0.2) is 11.5 Å². The van der Waals surface area contributed by atoms with Crippen molar-refractivity contribution in [1.82, 2.24) is 5.32 Å². The van der Waals surface area contributed by atoms with Crippen LogP contribution in [0, 0.1) is 0 Å². The van der Waals surface area contributed by atoms with Crippen LogP contribution in [0.5, 0.6) is 11.5 Å². The molecule has 1 heterocycles. The summed E-state index contributed by atoms with van der Waals surface area (Å²) < 4.78 is 12.0. The summed E-state index contributed by atoms with van der Waals surface area (Å²) in [6, 6.07) is 16.9. The second-order valence-electron chi connectivity index (χ2n) is 7.03. The van der Waals surface area contributed by atoms with Crippen molar-refractivity contribution in [3.05, 3.63) is 92.0 Å². The smallest absolute Gasteiger partial charge is 0.333 e. The van der Waals surface area contributed by atoms with E-state index in [0.717, 1.165) is 10.5 Å². The molecule has 1 aliphatic heterocycles. The van der Waals surface area contributed by atoms with Gasteiger partial charge in [0.05, 0.1) is 22.8 Å². The summed E-state index contributed by atoms with van der Waals surface area (Å²) in [5.74, 6) is 0.504. The molecule has 0 saturated carbocycles. The Labute approximate surface area is 208 Å². The minimum atomic E-state index is -0.512. The van der Waals surface area contributed by atoms with Crippen molar-refractivity contribution in [2.24, 2.45) is 0 Å². The molecular weight excluding hydrogens is 531 g/mol. The third-order valence-corrected chi connectivity index (χ3v) is 6.28. The highest BCUT2D eigenvalue weighted by Gasteiger charge is 2.34. The van der Waals surface area contributed by atoms with Crippen LogP contribution in [0.1, 0.15) is 11.1 Å². The Kier molecular flexibility index (Phi) is 6.93. The first kappa shape index (κ1) is 23.2. The molecule has 0 aromatic heterocycles. The van der Waals surface area contributed by atoms with Gasteiger partial charge in [0, 0.05) is 4.47 Å². The van der Waals surface area contributed by atoms with Crippen LogP contribution in [-0.2, 0) is 11.4 Å². The Morgan fingerprint density at radius 2 is 1.76 bits per heavy atom. The van der Waals surface area contributed by atoms with E-state index in [0.29, 0.717) is 37.3 Å². The lowest BCUT2D eigenvalue weighted by Gasteiger charge is -2.13. The minimum absolute atomic E-state index is 0.149. The van der Waals surface area contributed by atoms with Gasteiger partial charge < -0.3 is 14.8 Å². The zero-order valence-corrected chi connectivity index (χ0v) is 20.4. The summed E-state index contributed by atoms with van der Waals surface area (Å²) in [6.07, 6.45) is 1.58. The number of para-hydroxylation sites is 1. The standard InChI is InChI=1S/C24H17BrCl2N2O4/c1-32-21-11-15(10-20-23(30)29(24(31)28-20)16-5-3-2-4-6-16)17(25)12-22(21)33-13-14-7-8-18(26)19(27)9-14/h2-12H,13H2,1H3,(H,28,31)/b20-10+. The topological polar surface area (TPSA) is 67.9 Å². The van der Waals surface area contributed by atoms with E-state index in [1.807, 2.05) is 12.1 Å². The third kappa shape index (κ3) is 5.00. The molecule has 1 aliphatic rings. The number of rotatable bonds is 6. The number of benzene rings is 3. The number of nitrogens with zero attached hydrogens (tertiary/aromatic N) is 1. The maximum atomic E-state index is 12.8. The zero-order chi connectivity index (χ0) is 23.5. The number of anilines is 1. The molecular formula is C24H17BrCl2N2O4. The maximum absolute atomic E-state index is 12.8. The molecule has 0 atom stereocenters. The molecule has 4 rings (SSSR count). The van der Waals surface area contributed by atoms with E-state index in [1.54, 1.807) is 54.6 Å².